The maximum atomic E-state index is 12.5. The molecule has 2 N–H and O–H groups in total. The van der Waals surface area contributed by atoms with Crippen molar-refractivity contribution < 1.29 is 9.21 Å². The predicted molar refractivity (Wildman–Crippen MR) is 114 cm³/mol. The van der Waals surface area contributed by atoms with E-state index >= 15 is 0 Å². The van der Waals surface area contributed by atoms with Gasteiger partial charge in [0.1, 0.15) is 11.5 Å². The quantitative estimate of drug-likeness (QED) is 0.672. The zero-order valence-electron chi connectivity index (χ0n) is 16.5. The fraction of sp³-hybridized carbons (Fsp3) is 0.273. The van der Waals surface area contributed by atoms with E-state index in [1.165, 1.54) is 5.69 Å². The maximum Gasteiger partial charge on any atom is 0.274 e. The zero-order valence-corrected chi connectivity index (χ0v) is 16.5. The Bertz CT molecular complexity index is 915. The van der Waals surface area contributed by atoms with Crippen molar-refractivity contribution in [2.75, 3.05) is 48.8 Å². The van der Waals surface area contributed by atoms with E-state index in [0.717, 1.165) is 43.3 Å². The Morgan fingerprint density at radius 1 is 1.03 bits per heavy atom. The normalized spacial score (nSPS) is 14.6. The van der Waals surface area contributed by atoms with Crippen LogP contribution in [0.5, 0.6) is 0 Å². The van der Waals surface area contributed by atoms with E-state index < -0.39 is 0 Å². The number of piperazine rings is 1. The van der Waals surface area contributed by atoms with E-state index in [4.69, 9.17) is 4.42 Å². The van der Waals surface area contributed by atoms with E-state index in [1.807, 2.05) is 30.3 Å². The van der Waals surface area contributed by atoms with Crippen LogP contribution in [0.2, 0.25) is 0 Å². The van der Waals surface area contributed by atoms with Gasteiger partial charge in [-0.05, 0) is 55.6 Å². The van der Waals surface area contributed by atoms with Gasteiger partial charge >= 0.3 is 0 Å². The molecular weight excluding hydrogens is 366 g/mol. The number of carbonyl (C=O) groups is 1. The van der Waals surface area contributed by atoms with Crippen LogP contribution in [0.25, 0.3) is 0 Å². The van der Waals surface area contributed by atoms with Crippen LogP contribution in [0.1, 0.15) is 16.2 Å². The van der Waals surface area contributed by atoms with Crippen LogP contribution in [0.3, 0.4) is 0 Å². The molecule has 1 fully saturated rings. The second-order valence-electron chi connectivity index (χ2n) is 7.16. The number of rotatable bonds is 6. The van der Waals surface area contributed by atoms with Gasteiger partial charge < -0.3 is 24.9 Å². The maximum absolute atomic E-state index is 12.5. The summed E-state index contributed by atoms with van der Waals surface area (Å²) in [4.78, 5) is 21.4. The largest absolute Gasteiger partial charge is 0.467 e. The lowest BCUT2D eigenvalue weighted by molar-refractivity contribution is 0.102. The molecule has 3 heterocycles. The minimum Gasteiger partial charge on any atom is -0.467 e. The number of anilines is 3. The summed E-state index contributed by atoms with van der Waals surface area (Å²) in [5.74, 6) is 0.613. The molecule has 0 aliphatic carbocycles. The lowest BCUT2D eigenvalue weighted by atomic mass is 10.2. The van der Waals surface area contributed by atoms with Gasteiger partial charge in [0.05, 0.1) is 24.7 Å². The van der Waals surface area contributed by atoms with Crippen LogP contribution in [-0.2, 0) is 6.54 Å². The van der Waals surface area contributed by atoms with Gasteiger partial charge in [-0.3, -0.25) is 4.79 Å². The first-order valence-corrected chi connectivity index (χ1v) is 9.74. The molecule has 2 aromatic heterocycles. The molecule has 0 atom stereocenters. The second kappa shape index (κ2) is 8.79. The number of benzene rings is 1. The van der Waals surface area contributed by atoms with Gasteiger partial charge in [0.25, 0.3) is 5.91 Å². The molecule has 0 radical (unpaired) electrons. The number of pyridine rings is 1. The topological polar surface area (TPSA) is 73.6 Å². The summed E-state index contributed by atoms with van der Waals surface area (Å²) in [7, 11) is 2.14. The third-order valence-corrected chi connectivity index (χ3v) is 5.04. The summed E-state index contributed by atoms with van der Waals surface area (Å²) in [6, 6.07) is 15.3. The molecule has 1 amide bonds. The van der Waals surface area contributed by atoms with Gasteiger partial charge in [-0.15, -0.1) is 0 Å². The minimum atomic E-state index is -0.227. The summed E-state index contributed by atoms with van der Waals surface area (Å²) < 4.78 is 5.28. The first-order valence-electron chi connectivity index (χ1n) is 9.74. The van der Waals surface area contributed by atoms with Crippen molar-refractivity contribution in [3.05, 3.63) is 72.4 Å². The minimum absolute atomic E-state index is 0.227. The molecule has 0 saturated carbocycles. The summed E-state index contributed by atoms with van der Waals surface area (Å²) in [5.41, 5.74) is 3.14. The highest BCUT2D eigenvalue weighted by Crippen LogP contribution is 2.20. The smallest absolute Gasteiger partial charge is 0.274 e. The van der Waals surface area contributed by atoms with E-state index in [9.17, 15) is 4.79 Å². The number of furan rings is 1. The highest BCUT2D eigenvalue weighted by Gasteiger charge is 2.14. The molecule has 3 aromatic rings. The van der Waals surface area contributed by atoms with Crippen LogP contribution in [0.15, 0.2) is 65.4 Å². The van der Waals surface area contributed by atoms with Gasteiger partial charge in [0.15, 0.2) is 0 Å². The molecule has 7 heteroatoms. The van der Waals surface area contributed by atoms with Crippen molar-refractivity contribution in [2.45, 2.75) is 6.54 Å². The number of nitrogens with zero attached hydrogens (tertiary/aromatic N) is 3. The fourth-order valence-electron chi connectivity index (χ4n) is 3.25. The number of aromatic nitrogens is 1. The molecule has 150 valence electrons. The van der Waals surface area contributed by atoms with Gasteiger partial charge in [-0.1, -0.05) is 0 Å². The molecule has 7 nitrogen and oxygen atoms in total. The third-order valence-electron chi connectivity index (χ3n) is 5.04. The molecule has 1 aromatic carbocycles. The number of carbonyl (C=O) groups excluding carboxylic acids is 1. The second-order valence-corrected chi connectivity index (χ2v) is 7.16. The van der Waals surface area contributed by atoms with Crippen LogP contribution in [0, 0.1) is 0 Å². The highest BCUT2D eigenvalue weighted by atomic mass is 16.3. The van der Waals surface area contributed by atoms with Gasteiger partial charge in [0.2, 0.25) is 0 Å². The van der Waals surface area contributed by atoms with E-state index in [0.29, 0.717) is 12.2 Å². The van der Waals surface area contributed by atoms with Gasteiger partial charge in [-0.2, -0.15) is 0 Å². The Morgan fingerprint density at radius 2 is 1.79 bits per heavy atom. The molecule has 1 aliphatic rings. The highest BCUT2D eigenvalue weighted by molar-refractivity contribution is 6.03. The number of nitrogens with one attached hydrogen (secondary N) is 2. The van der Waals surface area contributed by atoms with Crippen LogP contribution in [-0.4, -0.2) is 49.0 Å². The number of hydrogen-bond donors (Lipinski definition) is 2. The van der Waals surface area contributed by atoms with E-state index in [1.54, 1.807) is 18.5 Å². The van der Waals surface area contributed by atoms with E-state index in [2.05, 4.69) is 44.6 Å². The first-order chi connectivity index (χ1) is 14.2. The SMILES string of the molecule is CN1CCN(c2ccc(NC(=O)c3ccc(NCc4ccco4)cn3)cc2)CC1. The standard InChI is InChI=1S/C22H25N5O2/c1-26-10-12-27(13-11-26)19-7-4-17(5-8-19)25-22(28)21-9-6-18(15-24-21)23-16-20-3-2-14-29-20/h2-9,14-15,23H,10-13,16H2,1H3,(H,25,28). The molecule has 0 spiro atoms. The van der Waals surface area contributed by atoms with Crippen molar-refractivity contribution in [3.8, 4) is 0 Å². The Kier molecular flexibility index (Phi) is 5.76. The van der Waals surface area contributed by atoms with Gasteiger partial charge in [0, 0.05) is 37.6 Å². The van der Waals surface area contributed by atoms with Crippen molar-refractivity contribution >= 4 is 23.0 Å². The third kappa shape index (κ3) is 4.94. The van der Waals surface area contributed by atoms with Gasteiger partial charge in [-0.25, -0.2) is 4.98 Å². The number of amides is 1. The van der Waals surface area contributed by atoms with Crippen LogP contribution >= 0.6 is 0 Å². The number of hydrogen-bond acceptors (Lipinski definition) is 6. The van der Waals surface area contributed by atoms with Crippen molar-refractivity contribution in [1.29, 1.82) is 0 Å². The molecule has 29 heavy (non-hydrogen) atoms. The Labute approximate surface area is 170 Å². The molecule has 0 unspecified atom stereocenters. The summed E-state index contributed by atoms with van der Waals surface area (Å²) in [5, 5.41) is 6.11. The zero-order chi connectivity index (χ0) is 20.1. The first kappa shape index (κ1) is 19.0. The monoisotopic (exact) mass is 391 g/mol. The lowest BCUT2D eigenvalue weighted by Crippen LogP contribution is -2.44. The van der Waals surface area contributed by atoms with Crippen LogP contribution < -0.4 is 15.5 Å². The Morgan fingerprint density at radius 3 is 2.45 bits per heavy atom. The van der Waals surface area contributed by atoms with E-state index in [-0.39, 0.29) is 5.91 Å². The molecule has 4 rings (SSSR count). The molecule has 1 aliphatic heterocycles. The Balaban J connectivity index is 1.31. The Hall–Kier alpha value is -3.32. The molecule has 0 bridgehead atoms. The number of likely N-dealkylation sites (N-methyl/N-ethyl adjacent to an activating group) is 1. The average Bonchev–Trinajstić information content (AvgIpc) is 3.27. The predicted octanol–water partition coefficient (Wildman–Crippen LogP) is 3.29. The molecular formula is C22H25N5O2. The summed E-state index contributed by atoms with van der Waals surface area (Å²) >= 11 is 0. The lowest BCUT2D eigenvalue weighted by Gasteiger charge is -2.34. The summed E-state index contributed by atoms with van der Waals surface area (Å²) in [6.45, 7) is 4.74. The summed E-state index contributed by atoms with van der Waals surface area (Å²) in [6.07, 6.45) is 3.29. The van der Waals surface area contributed by atoms with Crippen molar-refractivity contribution in [1.82, 2.24) is 9.88 Å². The van der Waals surface area contributed by atoms with Crippen molar-refractivity contribution in [3.63, 3.8) is 0 Å². The average molecular weight is 391 g/mol. The fourth-order valence-corrected chi connectivity index (χ4v) is 3.25. The molecule has 1 saturated heterocycles. The van der Waals surface area contributed by atoms with Crippen molar-refractivity contribution in [2.24, 2.45) is 0 Å². The van der Waals surface area contributed by atoms with Crippen LogP contribution in [0.4, 0.5) is 17.1 Å².